The van der Waals surface area contributed by atoms with E-state index in [0.717, 1.165) is 4.90 Å². The fraction of sp³-hybridized carbons (Fsp3) is 0.750. The summed E-state index contributed by atoms with van der Waals surface area (Å²) in [5.74, 6) is -1.67. The van der Waals surface area contributed by atoms with Gasteiger partial charge in [-0.2, -0.15) is 0 Å². The first kappa shape index (κ1) is 14.6. The number of hydrogen-bond acceptors (Lipinski definition) is 4. The van der Waals surface area contributed by atoms with E-state index in [1.54, 1.807) is 0 Å². The van der Waals surface area contributed by atoms with Gasteiger partial charge in [-0.15, -0.1) is 0 Å². The number of nitrogens with zero attached hydrogens (tertiary/aromatic N) is 1. The summed E-state index contributed by atoms with van der Waals surface area (Å²) in [7, 11) is -3.57. The molecule has 2 saturated heterocycles. The summed E-state index contributed by atoms with van der Waals surface area (Å²) in [4.78, 5) is 23.2. The fourth-order valence-electron chi connectivity index (χ4n) is 2.23. The van der Waals surface area contributed by atoms with Crippen molar-refractivity contribution >= 4 is 21.7 Å². The number of carboxylic acid groups (broad SMARTS) is 1. The quantitative estimate of drug-likeness (QED) is 0.392. The van der Waals surface area contributed by atoms with Crippen molar-refractivity contribution in [2.45, 2.75) is 36.4 Å². The number of carboxylic acids is 1. The molecule has 0 aromatic carbocycles. The van der Waals surface area contributed by atoms with Gasteiger partial charge in [-0.3, -0.25) is 4.79 Å². The Morgan fingerprint density at radius 1 is 1.56 bits per heavy atom. The summed E-state index contributed by atoms with van der Waals surface area (Å²) in [6.45, 7) is 2.71. The number of rotatable bonds is 1. The number of sulfone groups is 1. The molecule has 1 N–H and O–H groups in total. The van der Waals surface area contributed by atoms with E-state index in [1.807, 2.05) is 0 Å². The maximum absolute atomic E-state index is 11.9. The monoisotopic (exact) mass is 273 g/mol. The van der Waals surface area contributed by atoms with Gasteiger partial charge in [0.1, 0.15) is 11.4 Å². The van der Waals surface area contributed by atoms with Crippen molar-refractivity contribution in [2.24, 2.45) is 0 Å². The molecule has 0 unspecified atom stereocenters. The van der Waals surface area contributed by atoms with Crippen LogP contribution in [0, 0.1) is 0 Å². The van der Waals surface area contributed by atoms with Crippen LogP contribution in [0.5, 0.6) is 0 Å². The first-order valence-corrected chi connectivity index (χ1v) is 6.03. The van der Waals surface area contributed by atoms with Gasteiger partial charge in [0.15, 0.2) is 9.84 Å². The van der Waals surface area contributed by atoms with E-state index < -0.39 is 37.9 Å². The van der Waals surface area contributed by atoms with Crippen molar-refractivity contribution in [1.82, 2.24) is 4.90 Å². The molecule has 8 heteroatoms. The second-order valence-electron chi connectivity index (χ2n) is 4.35. The smallest absolute Gasteiger partial charge is 1.00 e. The van der Waals surface area contributed by atoms with Crippen molar-refractivity contribution in [3.05, 3.63) is 0 Å². The van der Waals surface area contributed by atoms with Gasteiger partial charge in [0.25, 0.3) is 0 Å². The van der Waals surface area contributed by atoms with Crippen molar-refractivity contribution in [1.29, 1.82) is 0 Å². The van der Waals surface area contributed by atoms with E-state index >= 15 is 0 Å². The number of fused-ring (bicyclic) bond motifs is 1. The molecule has 1 amide bonds. The molecule has 0 bridgehead atoms. The Labute approximate surface area is 137 Å². The van der Waals surface area contributed by atoms with Crippen LogP contribution in [0.2, 0.25) is 0 Å². The molecule has 0 aromatic heterocycles. The van der Waals surface area contributed by atoms with E-state index in [2.05, 4.69) is 0 Å². The number of aliphatic carboxylic acids is 1. The average molecular weight is 273 g/mol. The largest absolute Gasteiger partial charge is 1.00 e. The molecule has 2 atom stereocenters. The molecule has 0 aromatic rings. The van der Waals surface area contributed by atoms with Crippen LogP contribution in [0.4, 0.5) is 0 Å². The second kappa shape index (κ2) is 4.03. The number of carbonyl (C=O) groups is 2. The third kappa shape index (κ3) is 1.54. The average Bonchev–Trinajstić information content (AvgIpc) is 2.19. The summed E-state index contributed by atoms with van der Waals surface area (Å²) in [5.41, 5.74) is 0. The molecule has 2 aliphatic heterocycles. The molecule has 2 rings (SSSR count). The van der Waals surface area contributed by atoms with Crippen molar-refractivity contribution in [3.8, 4) is 0 Å². The van der Waals surface area contributed by atoms with E-state index in [-0.39, 0.29) is 59.2 Å². The molecular weight excluding hydrogens is 261 g/mol. The van der Waals surface area contributed by atoms with Gasteiger partial charge < -0.3 is 11.4 Å². The molecule has 2 fully saturated rings. The Morgan fingerprint density at radius 2 is 2.06 bits per heavy atom. The molecule has 2 heterocycles. The standard InChI is InChI=1S/C8H11NO5S.K.H/c1-8(2)6(7(11)12)9-4(10)3-5(9)15(8,13)14;;/h5-6H,3H2,1-2H3,(H,11,12);;/q;+1;-1/t5-,6+;;/m1../s1. The van der Waals surface area contributed by atoms with Gasteiger partial charge in [-0.1, -0.05) is 0 Å². The third-order valence-corrected chi connectivity index (χ3v) is 6.01. The summed E-state index contributed by atoms with van der Waals surface area (Å²) in [6, 6.07) is -1.26. The molecule has 86 valence electrons. The van der Waals surface area contributed by atoms with Crippen LogP contribution in [0.25, 0.3) is 0 Å². The van der Waals surface area contributed by atoms with Crippen LogP contribution in [0.1, 0.15) is 21.7 Å². The van der Waals surface area contributed by atoms with Gasteiger partial charge in [0, 0.05) is 0 Å². The summed E-state index contributed by atoms with van der Waals surface area (Å²) in [5, 5.41) is 8.03. The minimum Gasteiger partial charge on any atom is -1.00 e. The fourth-order valence-corrected chi connectivity index (χ4v) is 4.36. The molecule has 6 nitrogen and oxygen atoms in total. The Balaban J connectivity index is 0.00000128. The number of amides is 1. The zero-order chi connectivity index (χ0) is 11.6. The van der Waals surface area contributed by atoms with Crippen LogP contribution in [-0.4, -0.2) is 46.5 Å². The Morgan fingerprint density at radius 3 is 2.38 bits per heavy atom. The van der Waals surface area contributed by atoms with Gasteiger partial charge in [0.2, 0.25) is 5.91 Å². The predicted molar refractivity (Wildman–Crippen MR) is 50.8 cm³/mol. The van der Waals surface area contributed by atoms with Crippen LogP contribution in [-0.2, 0) is 19.4 Å². The van der Waals surface area contributed by atoms with E-state index in [1.165, 1.54) is 13.8 Å². The van der Waals surface area contributed by atoms with E-state index in [0.29, 0.717) is 0 Å². The zero-order valence-electron chi connectivity index (χ0n) is 10.3. The van der Waals surface area contributed by atoms with Gasteiger partial charge in [-0.05, 0) is 13.8 Å². The summed E-state index contributed by atoms with van der Waals surface area (Å²) in [6.07, 6.45) is -0.0878. The first-order chi connectivity index (χ1) is 6.71. The van der Waals surface area contributed by atoms with Gasteiger partial charge >= 0.3 is 57.4 Å². The van der Waals surface area contributed by atoms with Crippen molar-refractivity contribution < 1.29 is 75.9 Å². The molecular formula is C8H12KNO5S. The van der Waals surface area contributed by atoms with Crippen molar-refractivity contribution in [2.75, 3.05) is 0 Å². The number of β-lactam (4-membered cyclic amide) rings is 1. The Kier molecular flexibility index (Phi) is 3.67. The second-order valence-corrected chi connectivity index (χ2v) is 7.04. The topological polar surface area (TPSA) is 91.8 Å². The third-order valence-electron chi connectivity index (χ3n) is 3.21. The normalized spacial score (nSPS) is 33.6. The Hall–Kier alpha value is 0.526. The molecule has 0 radical (unpaired) electrons. The molecule has 0 aliphatic carbocycles. The van der Waals surface area contributed by atoms with Crippen molar-refractivity contribution in [3.63, 3.8) is 0 Å². The molecule has 0 spiro atoms. The predicted octanol–water partition coefficient (Wildman–Crippen LogP) is -3.68. The minimum atomic E-state index is -3.57. The Bertz CT molecular complexity index is 463. The molecule has 16 heavy (non-hydrogen) atoms. The number of carbonyl (C=O) groups excluding carboxylic acids is 1. The minimum absolute atomic E-state index is 0. The molecule has 2 aliphatic rings. The maximum atomic E-state index is 11.9. The van der Waals surface area contributed by atoms with E-state index in [4.69, 9.17) is 5.11 Å². The van der Waals surface area contributed by atoms with E-state index in [9.17, 15) is 18.0 Å². The first-order valence-electron chi connectivity index (χ1n) is 4.48. The SMILES string of the molecule is CC1(C)[C@H](C(=O)O)N2C(=O)C[C@H]2S1(=O)=O.[H-].[K+]. The van der Waals surface area contributed by atoms with Crippen LogP contribution in [0.3, 0.4) is 0 Å². The van der Waals surface area contributed by atoms with Crippen LogP contribution in [0.15, 0.2) is 0 Å². The maximum Gasteiger partial charge on any atom is 1.00 e. The van der Waals surface area contributed by atoms with Crippen LogP contribution < -0.4 is 51.4 Å². The summed E-state index contributed by atoms with van der Waals surface area (Å²) >= 11 is 0. The van der Waals surface area contributed by atoms with Gasteiger partial charge in [-0.25, -0.2) is 13.2 Å². The number of hydrogen-bond donors (Lipinski definition) is 1. The zero-order valence-corrected chi connectivity index (χ0v) is 13.2. The summed E-state index contributed by atoms with van der Waals surface area (Å²) < 4.78 is 22.4. The van der Waals surface area contributed by atoms with Gasteiger partial charge in [0.05, 0.1) is 11.2 Å². The van der Waals surface area contributed by atoms with Crippen LogP contribution >= 0.6 is 0 Å². The molecule has 0 saturated carbocycles.